The van der Waals surface area contributed by atoms with E-state index in [1.54, 1.807) is 6.08 Å². The Morgan fingerprint density at radius 1 is 1.67 bits per heavy atom. The van der Waals surface area contributed by atoms with Gasteiger partial charge in [-0.1, -0.05) is 12.5 Å². The molecule has 1 saturated carbocycles. The Morgan fingerprint density at radius 2 is 2.33 bits per heavy atom. The van der Waals surface area contributed by atoms with Crippen molar-refractivity contribution in [3.05, 3.63) is 12.2 Å². The Labute approximate surface area is 73.2 Å². The molecule has 0 radical (unpaired) electrons. The normalized spacial score (nSPS) is 17.8. The van der Waals surface area contributed by atoms with Crippen molar-refractivity contribution in [3.63, 3.8) is 0 Å². The van der Waals surface area contributed by atoms with Crippen molar-refractivity contribution in [2.45, 2.75) is 26.2 Å². The van der Waals surface area contributed by atoms with Crippen LogP contribution in [-0.2, 0) is 4.79 Å². The van der Waals surface area contributed by atoms with Crippen LogP contribution in [0.15, 0.2) is 12.2 Å². The molecule has 1 fully saturated rings. The highest BCUT2D eigenvalue weighted by Gasteiger charge is 2.20. The lowest BCUT2D eigenvalue weighted by atomic mass is 9.85. The number of nitrogens with two attached hydrogens (primary N) is 1. The average molecular weight is 168 g/mol. The Hall–Kier alpha value is -0.830. The van der Waals surface area contributed by atoms with Crippen LogP contribution in [0.2, 0.25) is 0 Å². The molecule has 0 spiro atoms. The number of hydrogen-bond acceptors (Lipinski definition) is 2. The number of hydrogen-bond donors (Lipinski definition) is 1. The highest BCUT2D eigenvalue weighted by Crippen LogP contribution is 2.26. The van der Waals surface area contributed by atoms with Gasteiger partial charge in [0.05, 0.1) is 0 Å². The molecule has 2 N–H and O–H groups in total. The molecule has 1 aliphatic rings. The summed E-state index contributed by atoms with van der Waals surface area (Å²) in [5.41, 5.74) is 0. The maximum atomic E-state index is 11.1. The first-order chi connectivity index (χ1) is 5.74. The Balaban J connectivity index is 2.25. The topological polar surface area (TPSA) is 46.3 Å². The van der Waals surface area contributed by atoms with Gasteiger partial charge >= 0.3 is 0 Å². The number of amides is 1. The summed E-state index contributed by atoms with van der Waals surface area (Å²) < 4.78 is 0. The number of allylic oxidation sites excluding steroid dienone is 1. The van der Waals surface area contributed by atoms with Gasteiger partial charge in [0.25, 0.3) is 5.91 Å². The SMILES string of the molecule is C/C=C/C(=O)N(N)CC1CCC1. The van der Waals surface area contributed by atoms with Gasteiger partial charge in [0.1, 0.15) is 0 Å². The van der Waals surface area contributed by atoms with E-state index in [9.17, 15) is 4.79 Å². The monoisotopic (exact) mass is 168 g/mol. The van der Waals surface area contributed by atoms with Gasteiger partial charge in [-0.25, -0.2) is 5.84 Å². The van der Waals surface area contributed by atoms with Gasteiger partial charge in [0.2, 0.25) is 0 Å². The highest BCUT2D eigenvalue weighted by molar-refractivity contribution is 5.86. The van der Waals surface area contributed by atoms with E-state index in [0.717, 1.165) is 0 Å². The second-order valence-electron chi connectivity index (χ2n) is 3.29. The Kier molecular flexibility index (Phi) is 3.29. The zero-order chi connectivity index (χ0) is 8.97. The third-order valence-corrected chi connectivity index (χ3v) is 2.27. The molecule has 3 heteroatoms. The van der Waals surface area contributed by atoms with Crippen LogP contribution in [0.25, 0.3) is 0 Å². The van der Waals surface area contributed by atoms with Crippen LogP contribution in [-0.4, -0.2) is 17.5 Å². The van der Waals surface area contributed by atoms with Gasteiger partial charge in [-0.2, -0.15) is 0 Å². The molecule has 0 bridgehead atoms. The largest absolute Gasteiger partial charge is 0.277 e. The standard InChI is InChI=1S/C9H16N2O/c1-2-4-9(12)11(10)7-8-5-3-6-8/h2,4,8H,3,5-7,10H2,1H3/b4-2+. The van der Waals surface area contributed by atoms with E-state index in [1.165, 1.54) is 30.3 Å². The predicted octanol–water partition coefficient (Wildman–Crippen LogP) is 1.06. The van der Waals surface area contributed by atoms with E-state index in [4.69, 9.17) is 5.84 Å². The van der Waals surface area contributed by atoms with Crippen molar-refractivity contribution >= 4 is 5.91 Å². The number of rotatable bonds is 3. The summed E-state index contributed by atoms with van der Waals surface area (Å²) in [6.45, 7) is 2.53. The molecule has 0 atom stereocenters. The van der Waals surface area contributed by atoms with Gasteiger partial charge in [-0.15, -0.1) is 0 Å². The lowest BCUT2D eigenvalue weighted by Crippen LogP contribution is -2.41. The Bertz CT molecular complexity index is 185. The van der Waals surface area contributed by atoms with E-state index in [0.29, 0.717) is 12.5 Å². The number of hydrazine groups is 1. The molecule has 1 amide bonds. The summed E-state index contributed by atoms with van der Waals surface area (Å²) in [7, 11) is 0. The first kappa shape index (κ1) is 9.26. The minimum Gasteiger partial charge on any atom is -0.277 e. The molecule has 12 heavy (non-hydrogen) atoms. The Morgan fingerprint density at radius 3 is 2.75 bits per heavy atom. The maximum Gasteiger partial charge on any atom is 0.260 e. The van der Waals surface area contributed by atoms with Crippen molar-refractivity contribution in [1.82, 2.24) is 5.01 Å². The van der Waals surface area contributed by atoms with E-state index in [1.807, 2.05) is 6.92 Å². The van der Waals surface area contributed by atoms with Crippen LogP contribution < -0.4 is 5.84 Å². The van der Waals surface area contributed by atoms with E-state index in [-0.39, 0.29) is 5.91 Å². The first-order valence-corrected chi connectivity index (χ1v) is 4.43. The molecule has 0 unspecified atom stereocenters. The molecule has 0 aromatic rings. The summed E-state index contributed by atoms with van der Waals surface area (Å²) in [5.74, 6) is 6.10. The van der Waals surface area contributed by atoms with Crippen molar-refractivity contribution in [1.29, 1.82) is 0 Å². The average Bonchev–Trinajstić information content (AvgIpc) is 1.97. The summed E-state index contributed by atoms with van der Waals surface area (Å²) in [6, 6.07) is 0. The lowest BCUT2D eigenvalue weighted by molar-refractivity contribution is -0.127. The minimum atomic E-state index is -0.0931. The fourth-order valence-corrected chi connectivity index (χ4v) is 1.28. The third kappa shape index (κ3) is 2.34. The predicted molar refractivity (Wildman–Crippen MR) is 48.1 cm³/mol. The lowest BCUT2D eigenvalue weighted by Gasteiger charge is -2.29. The van der Waals surface area contributed by atoms with E-state index >= 15 is 0 Å². The quantitative estimate of drug-likeness (QED) is 0.296. The van der Waals surface area contributed by atoms with Gasteiger partial charge in [0.15, 0.2) is 0 Å². The van der Waals surface area contributed by atoms with E-state index < -0.39 is 0 Å². The van der Waals surface area contributed by atoms with Crippen LogP contribution in [0.3, 0.4) is 0 Å². The fraction of sp³-hybridized carbons (Fsp3) is 0.667. The van der Waals surface area contributed by atoms with Crippen molar-refractivity contribution in [2.75, 3.05) is 6.54 Å². The number of nitrogens with zero attached hydrogens (tertiary/aromatic N) is 1. The van der Waals surface area contributed by atoms with Gasteiger partial charge < -0.3 is 0 Å². The second kappa shape index (κ2) is 4.26. The van der Waals surface area contributed by atoms with Crippen LogP contribution in [0.5, 0.6) is 0 Å². The van der Waals surface area contributed by atoms with E-state index in [2.05, 4.69) is 0 Å². The van der Waals surface area contributed by atoms with Crippen molar-refractivity contribution in [2.24, 2.45) is 11.8 Å². The molecule has 0 aromatic carbocycles. The van der Waals surface area contributed by atoms with Crippen LogP contribution in [0.4, 0.5) is 0 Å². The van der Waals surface area contributed by atoms with Crippen molar-refractivity contribution in [3.8, 4) is 0 Å². The van der Waals surface area contributed by atoms with Crippen LogP contribution >= 0.6 is 0 Å². The molecule has 0 aromatic heterocycles. The zero-order valence-electron chi connectivity index (χ0n) is 7.49. The smallest absolute Gasteiger partial charge is 0.260 e. The molecule has 0 aliphatic heterocycles. The molecule has 3 nitrogen and oxygen atoms in total. The fourth-order valence-electron chi connectivity index (χ4n) is 1.28. The molecule has 0 heterocycles. The molecule has 1 rings (SSSR count). The number of carbonyl (C=O) groups excluding carboxylic acids is 1. The van der Waals surface area contributed by atoms with Crippen LogP contribution in [0, 0.1) is 5.92 Å². The maximum absolute atomic E-state index is 11.1. The minimum absolute atomic E-state index is 0.0931. The molecular weight excluding hydrogens is 152 g/mol. The molecule has 68 valence electrons. The molecule has 0 saturated heterocycles. The molecule has 1 aliphatic carbocycles. The summed E-state index contributed by atoms with van der Waals surface area (Å²) >= 11 is 0. The van der Waals surface area contributed by atoms with Crippen molar-refractivity contribution < 1.29 is 4.79 Å². The summed E-state index contributed by atoms with van der Waals surface area (Å²) in [5, 5.41) is 1.31. The summed E-state index contributed by atoms with van der Waals surface area (Å²) in [4.78, 5) is 11.1. The number of carbonyl (C=O) groups is 1. The second-order valence-corrected chi connectivity index (χ2v) is 3.29. The molecular formula is C9H16N2O. The van der Waals surface area contributed by atoms with Gasteiger partial charge in [-0.05, 0) is 25.7 Å². The first-order valence-electron chi connectivity index (χ1n) is 4.43. The summed E-state index contributed by atoms with van der Waals surface area (Å²) in [6.07, 6.45) is 6.94. The van der Waals surface area contributed by atoms with Gasteiger partial charge in [-0.3, -0.25) is 9.80 Å². The third-order valence-electron chi connectivity index (χ3n) is 2.27. The van der Waals surface area contributed by atoms with Crippen LogP contribution in [0.1, 0.15) is 26.2 Å². The van der Waals surface area contributed by atoms with Gasteiger partial charge in [0, 0.05) is 12.6 Å². The zero-order valence-corrected chi connectivity index (χ0v) is 7.49. The highest BCUT2D eigenvalue weighted by atomic mass is 16.2.